The Kier molecular flexibility index (Phi) is 3.31. The van der Waals surface area contributed by atoms with Gasteiger partial charge in [0.2, 0.25) is 0 Å². The molecule has 1 aromatic heterocycles. The van der Waals surface area contributed by atoms with Crippen molar-refractivity contribution < 1.29 is 0 Å². The molecule has 0 spiro atoms. The second-order valence-electron chi connectivity index (χ2n) is 4.66. The van der Waals surface area contributed by atoms with Crippen LogP contribution in [0.25, 0.3) is 0 Å². The molecule has 0 aliphatic carbocycles. The van der Waals surface area contributed by atoms with Gasteiger partial charge < -0.3 is 10.2 Å². The number of halogens is 1. The molecule has 0 aromatic carbocycles. The summed E-state index contributed by atoms with van der Waals surface area (Å²) in [7, 11) is 0. The molecule has 17 heavy (non-hydrogen) atoms. The Balaban J connectivity index is 1.63. The fraction of sp³-hybridized carbons (Fsp3) is 0.583. The van der Waals surface area contributed by atoms with Gasteiger partial charge in [-0.15, -0.1) is 0 Å². The maximum atomic E-state index is 4.11. The Morgan fingerprint density at radius 1 is 1.24 bits per heavy atom. The lowest BCUT2D eigenvalue weighted by Gasteiger charge is -2.44. The van der Waals surface area contributed by atoms with Crippen LogP contribution in [-0.2, 0) is 0 Å². The minimum Gasteiger partial charge on any atom is -0.368 e. The van der Waals surface area contributed by atoms with E-state index < -0.39 is 0 Å². The fourth-order valence-corrected chi connectivity index (χ4v) is 2.99. The van der Waals surface area contributed by atoms with E-state index in [1.54, 1.807) is 0 Å². The first-order chi connectivity index (χ1) is 8.34. The first-order valence-corrected chi connectivity index (χ1v) is 6.93. The molecule has 3 heterocycles. The van der Waals surface area contributed by atoms with Crippen LogP contribution in [0, 0.1) is 0 Å². The quantitative estimate of drug-likeness (QED) is 0.880. The van der Waals surface area contributed by atoms with Crippen molar-refractivity contribution in [2.24, 2.45) is 0 Å². The Morgan fingerprint density at radius 3 is 2.59 bits per heavy atom. The molecule has 5 heteroatoms. The lowest BCUT2D eigenvalue weighted by Crippen LogP contribution is -2.61. The third-order valence-electron chi connectivity index (χ3n) is 3.68. The highest BCUT2D eigenvalue weighted by atomic mass is 79.9. The average molecular weight is 297 g/mol. The monoisotopic (exact) mass is 296 g/mol. The fourth-order valence-electron chi connectivity index (χ4n) is 2.48. The van der Waals surface area contributed by atoms with Crippen molar-refractivity contribution in [3.8, 4) is 0 Å². The number of pyridine rings is 1. The molecule has 1 N–H and O–H groups in total. The molecule has 2 saturated heterocycles. The Morgan fingerprint density at radius 2 is 2.00 bits per heavy atom. The maximum Gasteiger partial charge on any atom is 0.0592 e. The summed E-state index contributed by atoms with van der Waals surface area (Å²) in [5.74, 6) is 0. The van der Waals surface area contributed by atoms with Gasteiger partial charge in [-0.05, 0) is 22.0 Å². The third-order valence-corrected chi connectivity index (χ3v) is 4.29. The molecule has 92 valence electrons. The lowest BCUT2D eigenvalue weighted by molar-refractivity contribution is 0.138. The standard InChI is InChI=1S/C12H17BrN4/c13-11-9-14-2-1-12(11)17-5-3-16(4-6-17)10-7-15-8-10/h1-2,9-10,15H,3-8H2. The van der Waals surface area contributed by atoms with Crippen molar-refractivity contribution in [2.45, 2.75) is 6.04 Å². The highest BCUT2D eigenvalue weighted by Crippen LogP contribution is 2.26. The Bertz CT molecular complexity index is 386. The lowest BCUT2D eigenvalue weighted by atomic mass is 10.1. The van der Waals surface area contributed by atoms with E-state index in [0.717, 1.165) is 23.6 Å². The van der Waals surface area contributed by atoms with E-state index in [4.69, 9.17) is 0 Å². The normalized spacial score (nSPS) is 22.5. The zero-order chi connectivity index (χ0) is 11.7. The number of hydrogen-bond acceptors (Lipinski definition) is 4. The van der Waals surface area contributed by atoms with E-state index in [0.29, 0.717) is 0 Å². The van der Waals surface area contributed by atoms with Crippen molar-refractivity contribution in [3.63, 3.8) is 0 Å². The molecule has 1 aromatic rings. The number of rotatable bonds is 2. The van der Waals surface area contributed by atoms with Crippen molar-refractivity contribution in [2.75, 3.05) is 44.2 Å². The second kappa shape index (κ2) is 4.92. The molecule has 0 amide bonds. The van der Waals surface area contributed by atoms with E-state index >= 15 is 0 Å². The molecule has 2 fully saturated rings. The molecule has 2 aliphatic rings. The van der Waals surface area contributed by atoms with Gasteiger partial charge in [0.15, 0.2) is 0 Å². The van der Waals surface area contributed by atoms with Crippen molar-refractivity contribution in [1.29, 1.82) is 0 Å². The van der Waals surface area contributed by atoms with Gasteiger partial charge in [0.1, 0.15) is 0 Å². The molecular formula is C12H17BrN4. The van der Waals surface area contributed by atoms with Gasteiger partial charge in [-0.1, -0.05) is 0 Å². The van der Waals surface area contributed by atoms with E-state index in [-0.39, 0.29) is 0 Å². The van der Waals surface area contributed by atoms with Crippen LogP contribution in [0.5, 0.6) is 0 Å². The van der Waals surface area contributed by atoms with Crippen molar-refractivity contribution >= 4 is 21.6 Å². The molecule has 0 radical (unpaired) electrons. The summed E-state index contributed by atoms with van der Waals surface area (Å²) in [6.07, 6.45) is 3.74. The first-order valence-electron chi connectivity index (χ1n) is 6.14. The van der Waals surface area contributed by atoms with Crippen LogP contribution in [0.3, 0.4) is 0 Å². The minimum atomic E-state index is 0.776. The predicted molar refractivity (Wildman–Crippen MR) is 72.4 cm³/mol. The third kappa shape index (κ3) is 2.32. The minimum absolute atomic E-state index is 0.776. The van der Waals surface area contributed by atoms with Crippen molar-refractivity contribution in [1.82, 2.24) is 15.2 Å². The topological polar surface area (TPSA) is 31.4 Å². The number of aromatic nitrogens is 1. The predicted octanol–water partition coefficient (Wildman–Crippen LogP) is 0.938. The summed E-state index contributed by atoms with van der Waals surface area (Å²) in [5, 5.41) is 3.34. The van der Waals surface area contributed by atoms with Gasteiger partial charge in [-0.3, -0.25) is 9.88 Å². The number of nitrogens with zero attached hydrogens (tertiary/aromatic N) is 3. The van der Waals surface area contributed by atoms with E-state index in [1.807, 2.05) is 12.4 Å². The summed E-state index contributed by atoms with van der Waals surface area (Å²) in [6, 6.07) is 2.86. The maximum absolute atomic E-state index is 4.11. The zero-order valence-electron chi connectivity index (χ0n) is 9.77. The SMILES string of the molecule is Brc1cnccc1N1CCN(C2CNC2)CC1. The summed E-state index contributed by atoms with van der Waals surface area (Å²) in [4.78, 5) is 9.15. The average Bonchev–Trinajstić information content (AvgIpc) is 2.29. The molecule has 0 atom stereocenters. The highest BCUT2D eigenvalue weighted by molar-refractivity contribution is 9.10. The molecule has 0 bridgehead atoms. The van der Waals surface area contributed by atoms with Crippen molar-refractivity contribution in [3.05, 3.63) is 22.9 Å². The molecule has 3 rings (SSSR count). The van der Waals surface area contributed by atoms with Gasteiger partial charge in [0, 0.05) is 57.7 Å². The summed E-state index contributed by atoms with van der Waals surface area (Å²) < 4.78 is 1.10. The Labute approximate surface area is 110 Å². The van der Waals surface area contributed by atoms with Gasteiger partial charge in [0.05, 0.1) is 10.2 Å². The number of piperazine rings is 1. The molecule has 0 unspecified atom stereocenters. The van der Waals surface area contributed by atoms with Crippen LogP contribution < -0.4 is 10.2 Å². The molecular weight excluding hydrogens is 280 g/mol. The van der Waals surface area contributed by atoms with Crippen LogP contribution in [0.4, 0.5) is 5.69 Å². The van der Waals surface area contributed by atoms with Crippen LogP contribution in [0.1, 0.15) is 0 Å². The molecule has 2 aliphatic heterocycles. The Hall–Kier alpha value is -0.650. The zero-order valence-corrected chi connectivity index (χ0v) is 11.4. The number of nitrogens with one attached hydrogen (secondary N) is 1. The van der Waals surface area contributed by atoms with Crippen LogP contribution in [-0.4, -0.2) is 55.2 Å². The van der Waals surface area contributed by atoms with Gasteiger partial charge in [-0.25, -0.2) is 0 Å². The van der Waals surface area contributed by atoms with Gasteiger partial charge in [0.25, 0.3) is 0 Å². The second-order valence-corrected chi connectivity index (χ2v) is 5.52. The van der Waals surface area contributed by atoms with Crippen LogP contribution >= 0.6 is 15.9 Å². The number of hydrogen-bond donors (Lipinski definition) is 1. The van der Waals surface area contributed by atoms with E-state index in [2.05, 4.69) is 42.1 Å². The van der Waals surface area contributed by atoms with Crippen LogP contribution in [0.2, 0.25) is 0 Å². The van der Waals surface area contributed by atoms with E-state index in [9.17, 15) is 0 Å². The van der Waals surface area contributed by atoms with Crippen LogP contribution in [0.15, 0.2) is 22.9 Å². The van der Waals surface area contributed by atoms with Gasteiger partial charge >= 0.3 is 0 Å². The van der Waals surface area contributed by atoms with Gasteiger partial charge in [-0.2, -0.15) is 0 Å². The highest BCUT2D eigenvalue weighted by Gasteiger charge is 2.27. The number of anilines is 1. The smallest absolute Gasteiger partial charge is 0.0592 e. The first kappa shape index (κ1) is 11.4. The summed E-state index contributed by atoms with van der Waals surface area (Å²) >= 11 is 3.57. The largest absolute Gasteiger partial charge is 0.368 e. The van der Waals surface area contributed by atoms with E-state index in [1.165, 1.54) is 31.9 Å². The molecule has 0 saturated carbocycles. The summed E-state index contributed by atoms with van der Waals surface area (Å²) in [5.41, 5.74) is 1.27. The molecule has 4 nitrogen and oxygen atoms in total. The summed E-state index contributed by atoms with van der Waals surface area (Å²) in [6.45, 7) is 6.89.